The van der Waals surface area contributed by atoms with Crippen LogP contribution in [0.5, 0.6) is 5.75 Å². The lowest BCUT2D eigenvalue weighted by molar-refractivity contribution is -0.138. The summed E-state index contributed by atoms with van der Waals surface area (Å²) in [6.45, 7) is 0.320. The molecule has 0 bridgehead atoms. The third-order valence-corrected chi connectivity index (χ3v) is 3.97. The molecule has 0 fully saturated rings. The first-order valence-electron chi connectivity index (χ1n) is 6.86. The summed E-state index contributed by atoms with van der Waals surface area (Å²) in [5, 5.41) is 9.60. The number of anilines is 1. The van der Waals surface area contributed by atoms with E-state index in [4.69, 9.17) is 5.73 Å². The van der Waals surface area contributed by atoms with Gasteiger partial charge in [-0.3, -0.25) is 0 Å². The number of nitrogens with two attached hydrogens (primary N) is 1. The second-order valence-corrected chi connectivity index (χ2v) is 5.27. The smallest absolute Gasteiger partial charge is 0.416 e. The molecule has 116 valence electrons. The van der Waals surface area contributed by atoms with Gasteiger partial charge in [-0.2, -0.15) is 13.2 Å². The Kier molecular flexibility index (Phi) is 3.48. The molecule has 1 aliphatic rings. The molecule has 2 aromatic rings. The molecule has 0 saturated carbocycles. The molecular weight excluding hydrogens is 293 g/mol. The van der Waals surface area contributed by atoms with Crippen molar-refractivity contribution < 1.29 is 18.3 Å². The molecule has 0 aliphatic carbocycles. The lowest BCUT2D eigenvalue weighted by atomic mass is 9.99. The van der Waals surface area contributed by atoms with Crippen molar-refractivity contribution in [2.24, 2.45) is 5.73 Å². The van der Waals surface area contributed by atoms with Gasteiger partial charge in [0.2, 0.25) is 0 Å². The Balaban J connectivity index is 2.08. The van der Waals surface area contributed by atoms with E-state index in [-0.39, 0.29) is 30.4 Å². The SMILES string of the molecule is NCC1c2cccc(C(F)(F)F)c2CN1c1cccc(O)c1. The van der Waals surface area contributed by atoms with Gasteiger partial charge in [-0.05, 0) is 29.3 Å². The second-order valence-electron chi connectivity index (χ2n) is 5.27. The fourth-order valence-electron chi connectivity index (χ4n) is 3.00. The van der Waals surface area contributed by atoms with Gasteiger partial charge in [0, 0.05) is 24.8 Å². The van der Waals surface area contributed by atoms with E-state index < -0.39 is 11.7 Å². The Morgan fingerprint density at radius 2 is 1.91 bits per heavy atom. The fraction of sp³-hybridized carbons (Fsp3) is 0.250. The van der Waals surface area contributed by atoms with Crippen LogP contribution in [0.3, 0.4) is 0 Å². The second kappa shape index (κ2) is 5.21. The minimum Gasteiger partial charge on any atom is -0.508 e. The third-order valence-electron chi connectivity index (χ3n) is 3.97. The maximum absolute atomic E-state index is 13.2. The van der Waals surface area contributed by atoms with Gasteiger partial charge >= 0.3 is 6.18 Å². The molecule has 3 N–H and O–H groups in total. The highest BCUT2D eigenvalue weighted by Gasteiger charge is 2.39. The van der Waals surface area contributed by atoms with E-state index >= 15 is 0 Å². The average Bonchev–Trinajstić information content (AvgIpc) is 2.84. The Morgan fingerprint density at radius 1 is 1.18 bits per heavy atom. The Hall–Kier alpha value is -2.21. The summed E-state index contributed by atoms with van der Waals surface area (Å²) in [5.41, 5.74) is 6.68. The van der Waals surface area contributed by atoms with E-state index in [1.54, 1.807) is 23.1 Å². The Labute approximate surface area is 125 Å². The van der Waals surface area contributed by atoms with Crippen molar-refractivity contribution in [1.82, 2.24) is 0 Å². The highest BCUT2D eigenvalue weighted by atomic mass is 19.4. The van der Waals surface area contributed by atoms with Crippen LogP contribution in [0.2, 0.25) is 0 Å². The summed E-state index contributed by atoms with van der Waals surface area (Å²) in [5.74, 6) is 0.0697. The van der Waals surface area contributed by atoms with Gasteiger partial charge in [0.15, 0.2) is 0 Å². The number of phenolic OH excluding ortho intramolecular Hbond substituents is 1. The molecule has 1 atom stereocenters. The van der Waals surface area contributed by atoms with Crippen LogP contribution in [0, 0.1) is 0 Å². The number of phenols is 1. The molecule has 0 aromatic heterocycles. The largest absolute Gasteiger partial charge is 0.508 e. The van der Waals surface area contributed by atoms with Crippen molar-refractivity contribution in [3.8, 4) is 5.75 Å². The molecule has 0 spiro atoms. The normalized spacial score (nSPS) is 17.6. The van der Waals surface area contributed by atoms with Crippen molar-refractivity contribution in [1.29, 1.82) is 0 Å². The van der Waals surface area contributed by atoms with Gasteiger partial charge in [-0.1, -0.05) is 18.2 Å². The standard InChI is InChI=1S/C16H15F3N2O/c17-16(18,19)14-6-2-5-12-13(14)9-21(15(12)8-20)10-3-1-4-11(22)7-10/h1-7,15,22H,8-9,20H2. The average molecular weight is 308 g/mol. The van der Waals surface area contributed by atoms with Crippen LogP contribution in [-0.4, -0.2) is 11.7 Å². The zero-order valence-corrected chi connectivity index (χ0v) is 11.6. The lowest BCUT2D eigenvalue weighted by Crippen LogP contribution is -2.27. The molecule has 3 nitrogen and oxygen atoms in total. The van der Waals surface area contributed by atoms with Crippen molar-refractivity contribution in [2.45, 2.75) is 18.8 Å². The summed E-state index contributed by atoms with van der Waals surface area (Å²) in [6, 6.07) is 10.3. The molecule has 1 aliphatic heterocycles. The minimum atomic E-state index is -4.39. The summed E-state index contributed by atoms with van der Waals surface area (Å²) in [6.07, 6.45) is -4.39. The summed E-state index contributed by atoms with van der Waals surface area (Å²) < 4.78 is 39.5. The molecule has 2 aromatic carbocycles. The van der Waals surface area contributed by atoms with Crippen LogP contribution in [0.25, 0.3) is 0 Å². The maximum atomic E-state index is 13.2. The highest BCUT2D eigenvalue weighted by molar-refractivity contribution is 5.58. The third kappa shape index (κ3) is 2.39. The van der Waals surface area contributed by atoms with Crippen molar-refractivity contribution in [3.63, 3.8) is 0 Å². The van der Waals surface area contributed by atoms with E-state index in [9.17, 15) is 18.3 Å². The lowest BCUT2D eigenvalue weighted by Gasteiger charge is -2.26. The molecule has 6 heteroatoms. The van der Waals surface area contributed by atoms with Crippen LogP contribution in [0.15, 0.2) is 42.5 Å². The van der Waals surface area contributed by atoms with Crippen LogP contribution >= 0.6 is 0 Å². The first kappa shape index (κ1) is 14.7. The molecule has 0 saturated heterocycles. The van der Waals surface area contributed by atoms with Crippen LogP contribution in [0.1, 0.15) is 22.7 Å². The Morgan fingerprint density at radius 3 is 2.55 bits per heavy atom. The van der Waals surface area contributed by atoms with E-state index in [1.165, 1.54) is 18.2 Å². The molecule has 3 rings (SSSR count). The van der Waals surface area contributed by atoms with Crippen LogP contribution < -0.4 is 10.6 Å². The van der Waals surface area contributed by atoms with Crippen LogP contribution in [0.4, 0.5) is 18.9 Å². The quantitative estimate of drug-likeness (QED) is 0.893. The maximum Gasteiger partial charge on any atom is 0.416 e. The predicted octanol–water partition coefficient (Wildman–Crippen LogP) is 3.43. The number of hydrogen-bond acceptors (Lipinski definition) is 3. The van der Waals surface area contributed by atoms with E-state index in [0.717, 1.165) is 6.07 Å². The number of fused-ring (bicyclic) bond motifs is 1. The molecular formula is C16H15F3N2O. The van der Waals surface area contributed by atoms with Gasteiger partial charge in [-0.25, -0.2) is 0 Å². The van der Waals surface area contributed by atoms with Gasteiger partial charge in [0.05, 0.1) is 11.6 Å². The van der Waals surface area contributed by atoms with Gasteiger partial charge in [0.1, 0.15) is 5.75 Å². The highest BCUT2D eigenvalue weighted by Crippen LogP contribution is 2.43. The van der Waals surface area contributed by atoms with E-state index in [0.29, 0.717) is 11.3 Å². The summed E-state index contributed by atoms with van der Waals surface area (Å²) in [7, 11) is 0. The molecule has 22 heavy (non-hydrogen) atoms. The summed E-state index contributed by atoms with van der Waals surface area (Å²) >= 11 is 0. The molecule has 1 heterocycles. The van der Waals surface area contributed by atoms with Gasteiger partial charge in [-0.15, -0.1) is 0 Å². The monoisotopic (exact) mass is 308 g/mol. The zero-order chi connectivity index (χ0) is 15.9. The molecule has 1 unspecified atom stereocenters. The topological polar surface area (TPSA) is 49.5 Å². The number of aromatic hydroxyl groups is 1. The molecule has 0 amide bonds. The number of halogens is 3. The number of nitrogens with zero attached hydrogens (tertiary/aromatic N) is 1. The van der Waals surface area contributed by atoms with Crippen molar-refractivity contribution >= 4 is 5.69 Å². The van der Waals surface area contributed by atoms with Crippen molar-refractivity contribution in [3.05, 3.63) is 59.2 Å². The first-order valence-corrected chi connectivity index (χ1v) is 6.86. The zero-order valence-electron chi connectivity index (χ0n) is 11.6. The van der Waals surface area contributed by atoms with Gasteiger partial charge < -0.3 is 15.7 Å². The Bertz CT molecular complexity index is 700. The fourth-order valence-corrected chi connectivity index (χ4v) is 3.00. The number of alkyl halides is 3. The number of benzene rings is 2. The summed E-state index contributed by atoms with van der Waals surface area (Å²) in [4.78, 5) is 1.79. The van der Waals surface area contributed by atoms with Crippen LogP contribution in [-0.2, 0) is 12.7 Å². The number of rotatable bonds is 2. The minimum absolute atomic E-state index is 0.0697. The van der Waals surface area contributed by atoms with Crippen molar-refractivity contribution in [2.75, 3.05) is 11.4 Å². The van der Waals surface area contributed by atoms with E-state index in [2.05, 4.69) is 0 Å². The number of hydrogen-bond donors (Lipinski definition) is 2. The van der Waals surface area contributed by atoms with Gasteiger partial charge in [0.25, 0.3) is 0 Å². The van der Waals surface area contributed by atoms with E-state index in [1.807, 2.05) is 0 Å². The predicted molar refractivity (Wildman–Crippen MR) is 77.5 cm³/mol. The first-order chi connectivity index (χ1) is 10.4. The molecule has 0 radical (unpaired) electrons.